The molecule has 0 radical (unpaired) electrons. The van der Waals surface area contributed by atoms with Crippen molar-refractivity contribution in [2.45, 2.75) is 31.8 Å². The number of amides is 2. The molecule has 8 heteroatoms. The van der Waals surface area contributed by atoms with Crippen molar-refractivity contribution in [3.63, 3.8) is 0 Å². The zero-order valence-corrected chi connectivity index (χ0v) is 19.9. The van der Waals surface area contributed by atoms with Crippen LogP contribution in [0, 0.1) is 0 Å². The monoisotopic (exact) mass is 466 g/mol. The van der Waals surface area contributed by atoms with Crippen LogP contribution in [0.3, 0.4) is 0 Å². The first-order chi connectivity index (χ1) is 16.3. The third kappa shape index (κ3) is 7.13. The van der Waals surface area contributed by atoms with Crippen molar-refractivity contribution in [3.8, 4) is 0 Å². The minimum atomic E-state index is -1.07. The SMILES string of the molecule is CC(c1cccc2ccccc12)N1CCC(N(C)CC(=O)NCC(=O)NC/C=C/C(=O)O)CC1. The Hall–Kier alpha value is -3.23. The maximum atomic E-state index is 12.3. The number of hydrogen-bond acceptors (Lipinski definition) is 5. The number of nitrogens with one attached hydrogen (secondary N) is 2. The lowest BCUT2D eigenvalue weighted by Gasteiger charge is -2.39. The molecule has 2 amide bonds. The summed E-state index contributed by atoms with van der Waals surface area (Å²) in [6.45, 7) is 4.41. The van der Waals surface area contributed by atoms with Gasteiger partial charge in [-0.3, -0.25) is 19.4 Å². The predicted molar refractivity (Wildman–Crippen MR) is 132 cm³/mol. The second-order valence-electron chi connectivity index (χ2n) is 8.75. The summed E-state index contributed by atoms with van der Waals surface area (Å²) in [6, 6.07) is 15.6. The highest BCUT2D eigenvalue weighted by Gasteiger charge is 2.27. The first-order valence-corrected chi connectivity index (χ1v) is 11.7. The summed E-state index contributed by atoms with van der Waals surface area (Å²) in [5.41, 5.74) is 1.35. The Morgan fingerprint density at radius 1 is 1.09 bits per heavy atom. The first kappa shape index (κ1) is 25.4. The van der Waals surface area contributed by atoms with E-state index in [2.05, 4.69) is 69.8 Å². The fourth-order valence-corrected chi connectivity index (χ4v) is 4.51. The van der Waals surface area contributed by atoms with Gasteiger partial charge in [-0.2, -0.15) is 0 Å². The summed E-state index contributed by atoms with van der Waals surface area (Å²) in [6.07, 6.45) is 4.26. The molecule has 0 spiro atoms. The summed E-state index contributed by atoms with van der Waals surface area (Å²) in [5.74, 6) is -1.63. The largest absolute Gasteiger partial charge is 0.478 e. The molecule has 1 saturated heterocycles. The van der Waals surface area contributed by atoms with Crippen LogP contribution in [0.25, 0.3) is 10.8 Å². The zero-order chi connectivity index (χ0) is 24.5. The lowest BCUT2D eigenvalue weighted by molar-refractivity contribution is -0.131. The quantitative estimate of drug-likeness (QED) is 0.464. The molecule has 0 saturated carbocycles. The Morgan fingerprint density at radius 3 is 2.53 bits per heavy atom. The van der Waals surface area contributed by atoms with Crippen LogP contribution in [0.2, 0.25) is 0 Å². The molecule has 2 aromatic rings. The number of piperidine rings is 1. The van der Waals surface area contributed by atoms with Gasteiger partial charge in [-0.05, 0) is 43.1 Å². The van der Waals surface area contributed by atoms with Crippen molar-refractivity contribution in [1.82, 2.24) is 20.4 Å². The number of carbonyl (C=O) groups is 3. The highest BCUT2D eigenvalue weighted by Crippen LogP contribution is 2.30. The normalized spacial score (nSPS) is 16.1. The molecule has 0 aliphatic carbocycles. The molecule has 1 aliphatic heterocycles. The smallest absolute Gasteiger partial charge is 0.328 e. The molecule has 1 atom stereocenters. The molecule has 3 rings (SSSR count). The molecule has 1 fully saturated rings. The number of likely N-dealkylation sites (tertiary alicyclic amines) is 1. The number of aliphatic carboxylic acids is 1. The maximum Gasteiger partial charge on any atom is 0.328 e. The molecule has 1 aliphatic rings. The topological polar surface area (TPSA) is 102 Å². The first-order valence-electron chi connectivity index (χ1n) is 11.7. The van der Waals surface area contributed by atoms with Gasteiger partial charge >= 0.3 is 5.97 Å². The predicted octanol–water partition coefficient (Wildman–Crippen LogP) is 2.17. The molecule has 34 heavy (non-hydrogen) atoms. The molecule has 8 nitrogen and oxygen atoms in total. The van der Waals surface area contributed by atoms with Gasteiger partial charge in [0.15, 0.2) is 0 Å². The molecule has 0 bridgehead atoms. The van der Waals surface area contributed by atoms with Gasteiger partial charge in [-0.15, -0.1) is 0 Å². The van der Waals surface area contributed by atoms with Crippen molar-refractivity contribution < 1.29 is 19.5 Å². The summed E-state index contributed by atoms with van der Waals surface area (Å²) in [4.78, 5) is 39.0. The van der Waals surface area contributed by atoms with Crippen LogP contribution >= 0.6 is 0 Å². The lowest BCUT2D eigenvalue weighted by atomic mass is 9.96. The molecular weight excluding hydrogens is 432 g/mol. The molecule has 3 N–H and O–H groups in total. The number of rotatable bonds is 10. The number of fused-ring (bicyclic) bond motifs is 1. The van der Waals surface area contributed by atoms with E-state index in [1.165, 1.54) is 22.4 Å². The van der Waals surface area contributed by atoms with E-state index in [0.717, 1.165) is 32.0 Å². The number of carboxylic acid groups (broad SMARTS) is 1. The van der Waals surface area contributed by atoms with Crippen LogP contribution in [-0.2, 0) is 14.4 Å². The van der Waals surface area contributed by atoms with Crippen LogP contribution in [0.15, 0.2) is 54.6 Å². The van der Waals surface area contributed by atoms with E-state index in [0.29, 0.717) is 12.1 Å². The second kappa shape index (κ2) is 12.3. The Morgan fingerprint density at radius 2 is 1.79 bits per heavy atom. The molecule has 1 unspecified atom stereocenters. The fourth-order valence-electron chi connectivity index (χ4n) is 4.51. The third-order valence-electron chi connectivity index (χ3n) is 6.46. The van der Waals surface area contributed by atoms with Crippen molar-refractivity contribution >= 4 is 28.6 Å². The van der Waals surface area contributed by atoms with Gasteiger partial charge in [0.1, 0.15) is 0 Å². The Balaban J connectivity index is 1.42. The lowest BCUT2D eigenvalue weighted by Crippen LogP contribution is -2.48. The fraction of sp³-hybridized carbons (Fsp3) is 0.423. The van der Waals surface area contributed by atoms with Crippen molar-refractivity contribution in [3.05, 3.63) is 60.2 Å². The molecular formula is C26H34N4O4. The van der Waals surface area contributed by atoms with Gasteiger partial charge in [0.2, 0.25) is 11.8 Å². The standard InChI is InChI=1S/C26H34N4O4/c1-19(22-10-5-8-20-7-3-4-9-23(20)22)30-15-12-21(13-16-30)29(2)18-25(32)28-17-24(31)27-14-6-11-26(33)34/h3-11,19,21H,12-18H2,1-2H3,(H,27,31)(H,28,32)(H,33,34)/b11-6+. The third-order valence-corrected chi connectivity index (χ3v) is 6.46. The van der Waals surface area contributed by atoms with Crippen molar-refractivity contribution in [1.29, 1.82) is 0 Å². The highest BCUT2D eigenvalue weighted by atomic mass is 16.4. The van der Waals surface area contributed by atoms with E-state index in [1.807, 2.05) is 7.05 Å². The van der Waals surface area contributed by atoms with E-state index < -0.39 is 5.97 Å². The Labute approximate surface area is 200 Å². The minimum Gasteiger partial charge on any atom is -0.478 e. The van der Waals surface area contributed by atoms with Crippen molar-refractivity contribution in [2.24, 2.45) is 0 Å². The second-order valence-corrected chi connectivity index (χ2v) is 8.75. The van der Waals surface area contributed by atoms with Crippen LogP contribution in [0.4, 0.5) is 0 Å². The van der Waals surface area contributed by atoms with Crippen LogP contribution in [0.1, 0.15) is 31.4 Å². The van der Waals surface area contributed by atoms with Gasteiger partial charge < -0.3 is 15.7 Å². The number of nitrogens with zero attached hydrogens (tertiary/aromatic N) is 2. The summed E-state index contributed by atoms with van der Waals surface area (Å²) < 4.78 is 0. The molecule has 2 aromatic carbocycles. The number of likely N-dealkylation sites (N-methyl/N-ethyl adjacent to an activating group) is 1. The van der Waals surface area contributed by atoms with E-state index in [4.69, 9.17) is 5.11 Å². The maximum absolute atomic E-state index is 12.3. The van der Waals surface area contributed by atoms with Crippen LogP contribution in [0.5, 0.6) is 0 Å². The number of carboxylic acids is 1. The molecule has 0 aromatic heterocycles. The average Bonchev–Trinajstić information content (AvgIpc) is 2.84. The number of carbonyl (C=O) groups excluding carboxylic acids is 2. The van der Waals surface area contributed by atoms with Crippen molar-refractivity contribution in [2.75, 3.05) is 39.8 Å². The van der Waals surface area contributed by atoms with E-state index in [9.17, 15) is 14.4 Å². The van der Waals surface area contributed by atoms with Gasteiger partial charge in [0, 0.05) is 37.8 Å². The molecule has 182 valence electrons. The summed E-state index contributed by atoms with van der Waals surface area (Å²) in [5, 5.41) is 16.2. The van der Waals surface area contributed by atoms with Gasteiger partial charge in [0.05, 0.1) is 13.1 Å². The van der Waals surface area contributed by atoms with E-state index in [1.54, 1.807) is 0 Å². The highest BCUT2D eigenvalue weighted by molar-refractivity contribution is 5.86. The average molecular weight is 467 g/mol. The summed E-state index contributed by atoms with van der Waals surface area (Å²) in [7, 11) is 1.95. The van der Waals surface area contributed by atoms with Gasteiger partial charge in [-0.25, -0.2) is 4.79 Å². The number of benzene rings is 2. The van der Waals surface area contributed by atoms with Gasteiger partial charge in [0.25, 0.3) is 0 Å². The minimum absolute atomic E-state index is 0.108. The number of hydrogen-bond donors (Lipinski definition) is 3. The Kier molecular flexibility index (Phi) is 9.18. The van der Waals surface area contributed by atoms with Gasteiger partial charge in [-0.1, -0.05) is 48.5 Å². The van der Waals surface area contributed by atoms with Crippen LogP contribution < -0.4 is 10.6 Å². The van der Waals surface area contributed by atoms with E-state index in [-0.39, 0.29) is 31.4 Å². The summed E-state index contributed by atoms with van der Waals surface area (Å²) >= 11 is 0. The zero-order valence-electron chi connectivity index (χ0n) is 19.9. The van der Waals surface area contributed by atoms with E-state index >= 15 is 0 Å². The Bertz CT molecular complexity index is 1030. The van der Waals surface area contributed by atoms with Crippen LogP contribution in [-0.4, -0.2) is 78.5 Å². The molecule has 1 heterocycles.